The van der Waals surface area contributed by atoms with E-state index in [0.29, 0.717) is 5.82 Å². The first-order valence-electron chi connectivity index (χ1n) is 17.6. The van der Waals surface area contributed by atoms with E-state index >= 15 is 0 Å². The van der Waals surface area contributed by atoms with Gasteiger partial charge in [0.2, 0.25) is 5.91 Å². The third-order valence-electron chi connectivity index (χ3n) is 9.15. The molecule has 3 atom stereocenters. The van der Waals surface area contributed by atoms with Crippen molar-refractivity contribution in [2.45, 2.75) is 65.6 Å². The summed E-state index contributed by atoms with van der Waals surface area (Å²) in [5.41, 5.74) is 5.46. The van der Waals surface area contributed by atoms with Crippen molar-refractivity contribution in [3.05, 3.63) is 83.7 Å². The number of H-pyrrole nitrogens is 2. The minimum atomic E-state index is -0.819. The zero-order chi connectivity index (χ0) is 37.5. The van der Waals surface area contributed by atoms with Crippen LogP contribution in [0.25, 0.3) is 22.5 Å². The Morgan fingerprint density at radius 3 is 2.02 bits per heavy atom. The third kappa shape index (κ3) is 8.84. The maximum Gasteiger partial charge on any atom is 0.433 e. The number of amides is 3. The Labute approximate surface area is 305 Å². The highest BCUT2D eigenvalue weighted by molar-refractivity contribution is 6.40. The number of carbonyl (C=O) groups is 3. The van der Waals surface area contributed by atoms with E-state index in [2.05, 4.69) is 55.7 Å². The topological polar surface area (TPSA) is 149 Å². The molecule has 0 radical (unpaired) electrons. The van der Waals surface area contributed by atoms with E-state index in [4.69, 9.17) is 4.98 Å². The number of aromatic nitrogens is 4. The summed E-state index contributed by atoms with van der Waals surface area (Å²) >= 11 is 0. The molecule has 0 aliphatic carbocycles. The number of nitrogens with zero attached hydrogens (tertiary/aromatic N) is 5. The quantitative estimate of drug-likeness (QED) is 0.132. The molecule has 1 fully saturated rings. The van der Waals surface area contributed by atoms with Gasteiger partial charge in [-0.25, -0.2) is 14.8 Å². The highest BCUT2D eigenvalue weighted by Gasteiger charge is 2.37. The first kappa shape index (κ1) is 37.7. The Kier molecular flexibility index (Phi) is 12.1. The van der Waals surface area contributed by atoms with Crippen LogP contribution in [0.4, 0.5) is 4.79 Å². The lowest BCUT2D eigenvalue weighted by Crippen LogP contribution is -2.48. The third-order valence-corrected chi connectivity index (χ3v) is 9.15. The van der Waals surface area contributed by atoms with Crippen LogP contribution in [0.15, 0.2) is 65.9 Å². The Bertz CT molecular complexity index is 1950. The molecule has 12 heteroatoms. The van der Waals surface area contributed by atoms with Crippen molar-refractivity contribution in [3.63, 3.8) is 0 Å². The Morgan fingerprint density at radius 2 is 1.48 bits per heavy atom. The number of benzene rings is 2. The van der Waals surface area contributed by atoms with E-state index in [-0.39, 0.29) is 35.5 Å². The van der Waals surface area contributed by atoms with E-state index in [1.54, 1.807) is 27.0 Å². The van der Waals surface area contributed by atoms with Gasteiger partial charge in [-0.15, -0.1) is 0 Å². The van der Waals surface area contributed by atoms with Gasteiger partial charge in [0, 0.05) is 23.6 Å². The molecule has 1 aliphatic rings. The van der Waals surface area contributed by atoms with Crippen molar-refractivity contribution in [1.82, 2.24) is 35.1 Å². The lowest BCUT2D eigenvalue weighted by atomic mass is 10.0. The van der Waals surface area contributed by atoms with Gasteiger partial charge in [0.25, 0.3) is 5.91 Å². The first-order valence-corrected chi connectivity index (χ1v) is 17.6. The number of methoxy groups -OCH3 is 1. The number of rotatable bonds is 10. The number of likely N-dealkylation sites (N-methyl/N-ethyl adjacent to an activating group) is 1. The summed E-state index contributed by atoms with van der Waals surface area (Å²) in [6, 6.07) is 15.2. The molecule has 0 saturated carbocycles. The molecule has 2 aromatic heterocycles. The van der Waals surface area contributed by atoms with Crippen molar-refractivity contribution in [2.75, 3.05) is 27.7 Å². The predicted molar refractivity (Wildman–Crippen MR) is 201 cm³/mol. The average molecular weight is 705 g/mol. The molecule has 52 heavy (non-hydrogen) atoms. The van der Waals surface area contributed by atoms with Crippen LogP contribution in [-0.2, 0) is 14.3 Å². The SMILES string of the molecule is COC(=O)N=C(C(=O)NC(C)c1ncc(-c2ccc(C#Cc3ccc(-c4cnc(C5CCCN5C(=O)C(C(C)C)N(C)C)[nH]4)cc3)cc2)[nH]1)C(C)C. The summed E-state index contributed by atoms with van der Waals surface area (Å²) < 4.78 is 4.58. The minimum Gasteiger partial charge on any atom is -0.451 e. The molecule has 2 aromatic carbocycles. The van der Waals surface area contributed by atoms with Gasteiger partial charge in [-0.3, -0.25) is 14.5 Å². The Hall–Kier alpha value is -5.54. The number of ether oxygens (including phenoxy) is 1. The number of aromatic amines is 2. The zero-order valence-electron chi connectivity index (χ0n) is 31.2. The van der Waals surface area contributed by atoms with Crippen molar-refractivity contribution in [2.24, 2.45) is 16.8 Å². The highest BCUT2D eigenvalue weighted by Crippen LogP contribution is 2.33. The molecule has 1 saturated heterocycles. The second-order valence-electron chi connectivity index (χ2n) is 13.9. The number of aliphatic imine (C=N–C) groups is 1. The monoisotopic (exact) mass is 704 g/mol. The van der Waals surface area contributed by atoms with Crippen LogP contribution in [0.5, 0.6) is 0 Å². The van der Waals surface area contributed by atoms with Gasteiger partial charge in [-0.05, 0) is 75.2 Å². The maximum absolute atomic E-state index is 13.5. The van der Waals surface area contributed by atoms with E-state index in [1.165, 1.54) is 7.11 Å². The lowest BCUT2D eigenvalue weighted by molar-refractivity contribution is -0.138. The Balaban J connectivity index is 1.20. The average Bonchev–Trinajstić information content (AvgIpc) is 3.91. The number of nitrogens with one attached hydrogen (secondary N) is 3. The normalized spacial score (nSPS) is 15.8. The molecular weight excluding hydrogens is 656 g/mol. The molecule has 4 aromatic rings. The van der Waals surface area contributed by atoms with Crippen LogP contribution in [0.1, 0.15) is 82.3 Å². The van der Waals surface area contributed by atoms with Crippen molar-refractivity contribution >= 4 is 23.6 Å². The highest BCUT2D eigenvalue weighted by atomic mass is 16.5. The van der Waals surface area contributed by atoms with E-state index in [9.17, 15) is 14.4 Å². The van der Waals surface area contributed by atoms with Crippen molar-refractivity contribution in [1.29, 1.82) is 0 Å². The first-order chi connectivity index (χ1) is 24.9. The molecule has 0 spiro atoms. The van der Waals surface area contributed by atoms with E-state index in [0.717, 1.165) is 58.9 Å². The number of hydrogen-bond donors (Lipinski definition) is 3. The van der Waals surface area contributed by atoms with Gasteiger partial charge >= 0.3 is 6.09 Å². The summed E-state index contributed by atoms with van der Waals surface area (Å²) in [7, 11) is 5.15. The second kappa shape index (κ2) is 16.7. The molecule has 0 bridgehead atoms. The van der Waals surface area contributed by atoms with Gasteiger partial charge in [0.1, 0.15) is 17.4 Å². The van der Waals surface area contributed by atoms with E-state index < -0.39 is 18.0 Å². The minimum absolute atomic E-state index is 0.0514. The molecule has 5 rings (SSSR count). The van der Waals surface area contributed by atoms with Crippen molar-refractivity contribution < 1.29 is 19.1 Å². The summed E-state index contributed by atoms with van der Waals surface area (Å²) in [6.07, 6.45) is 4.59. The number of carbonyl (C=O) groups excluding carboxylic acids is 3. The fourth-order valence-corrected chi connectivity index (χ4v) is 6.48. The summed E-state index contributed by atoms with van der Waals surface area (Å²) in [4.78, 5) is 61.6. The molecule has 3 heterocycles. The number of hydrogen-bond acceptors (Lipinski definition) is 7. The van der Waals surface area contributed by atoms with Crippen LogP contribution < -0.4 is 5.32 Å². The lowest BCUT2D eigenvalue weighted by Gasteiger charge is -2.33. The fraction of sp³-hybridized carbons (Fsp3) is 0.400. The van der Waals surface area contributed by atoms with Gasteiger partial charge in [-0.2, -0.15) is 4.99 Å². The smallest absolute Gasteiger partial charge is 0.433 e. The maximum atomic E-state index is 13.5. The molecule has 3 N–H and O–H groups in total. The standard InChI is InChI=1S/C40H48N8O4/c1-24(2)34(46-40(51)52-8)38(49)43-26(5)36-41-22-31(44-36)29-17-13-27(14-18-29)11-12-28-15-19-30(20-16-28)32-23-42-37(45-32)33-10-9-21-48(33)39(50)35(25(3)4)47(6)7/h13-20,22-26,33,35H,9-10,21H2,1-8H3,(H,41,44)(H,42,45)(H,43,49). The van der Waals surface area contributed by atoms with Gasteiger partial charge in [0.05, 0.1) is 49.0 Å². The summed E-state index contributed by atoms with van der Waals surface area (Å²) in [5.74, 6) is 7.52. The second-order valence-corrected chi connectivity index (χ2v) is 13.9. The van der Waals surface area contributed by atoms with Crippen LogP contribution in [-0.4, -0.2) is 87.1 Å². The number of likely N-dealkylation sites (tertiary alicyclic amines) is 1. The molecule has 1 aliphatic heterocycles. The van der Waals surface area contributed by atoms with Gasteiger partial charge < -0.3 is 24.9 Å². The molecule has 3 unspecified atom stereocenters. The number of imidazole rings is 2. The van der Waals surface area contributed by atoms with Gasteiger partial charge in [0.15, 0.2) is 0 Å². The van der Waals surface area contributed by atoms with Crippen LogP contribution in [0.3, 0.4) is 0 Å². The molecule has 3 amide bonds. The van der Waals surface area contributed by atoms with Crippen molar-refractivity contribution in [3.8, 4) is 34.4 Å². The van der Waals surface area contributed by atoms with Crippen LogP contribution in [0, 0.1) is 23.7 Å². The van der Waals surface area contributed by atoms with Gasteiger partial charge in [-0.1, -0.05) is 63.8 Å². The summed E-state index contributed by atoms with van der Waals surface area (Å²) in [6.45, 7) is 10.3. The zero-order valence-corrected chi connectivity index (χ0v) is 31.2. The summed E-state index contributed by atoms with van der Waals surface area (Å²) in [5, 5.41) is 2.84. The largest absolute Gasteiger partial charge is 0.451 e. The molecular formula is C40H48N8O4. The predicted octanol–water partition coefficient (Wildman–Crippen LogP) is 6.16. The Morgan fingerprint density at radius 1 is 0.904 bits per heavy atom. The van der Waals surface area contributed by atoms with Crippen LogP contribution in [0.2, 0.25) is 0 Å². The fourth-order valence-electron chi connectivity index (χ4n) is 6.48. The van der Waals surface area contributed by atoms with Crippen LogP contribution >= 0.6 is 0 Å². The van der Waals surface area contributed by atoms with E-state index in [1.807, 2.05) is 78.6 Å². The molecule has 272 valence electrons. The molecule has 12 nitrogen and oxygen atoms in total.